The Morgan fingerprint density at radius 2 is 2.05 bits per heavy atom. The average Bonchev–Trinajstić information content (AvgIpc) is 2.46. The van der Waals surface area contributed by atoms with Crippen molar-refractivity contribution in [3.8, 4) is 0 Å². The summed E-state index contributed by atoms with van der Waals surface area (Å²) in [6, 6.07) is 10.8. The van der Waals surface area contributed by atoms with Gasteiger partial charge in [0.2, 0.25) is 0 Å². The third kappa shape index (κ3) is 5.12. The summed E-state index contributed by atoms with van der Waals surface area (Å²) in [5, 5.41) is 3.45. The molecule has 0 bridgehead atoms. The van der Waals surface area contributed by atoms with Crippen LogP contribution in [0.15, 0.2) is 30.3 Å². The smallest absolute Gasteiger partial charge is 0.00473 e. The average molecular weight is 288 g/mol. The molecule has 0 aromatic heterocycles. The van der Waals surface area contributed by atoms with Gasteiger partial charge < -0.3 is 10.2 Å². The summed E-state index contributed by atoms with van der Waals surface area (Å²) in [4.78, 5) is 2.54. The number of benzene rings is 1. The monoisotopic (exact) mass is 288 g/mol. The molecule has 0 radical (unpaired) electrons. The van der Waals surface area contributed by atoms with Gasteiger partial charge in [0.25, 0.3) is 0 Å². The lowest BCUT2D eigenvalue weighted by atomic mass is 9.69. The topological polar surface area (TPSA) is 15.3 Å². The van der Waals surface area contributed by atoms with Crippen LogP contribution in [0.5, 0.6) is 0 Å². The second kappa shape index (κ2) is 7.95. The number of rotatable bonds is 7. The molecule has 1 aromatic rings. The van der Waals surface area contributed by atoms with Crippen molar-refractivity contribution in [1.82, 2.24) is 10.2 Å². The Balaban J connectivity index is 1.87. The summed E-state index contributed by atoms with van der Waals surface area (Å²) in [5.74, 6) is 0.884. The zero-order valence-electron chi connectivity index (χ0n) is 14.1. The van der Waals surface area contributed by atoms with Gasteiger partial charge in [-0.25, -0.2) is 0 Å². The zero-order valence-corrected chi connectivity index (χ0v) is 14.1. The highest BCUT2D eigenvalue weighted by atomic mass is 15.1. The van der Waals surface area contributed by atoms with Gasteiger partial charge in [0.05, 0.1) is 0 Å². The van der Waals surface area contributed by atoms with E-state index in [0.717, 1.165) is 25.4 Å². The third-order valence-electron chi connectivity index (χ3n) is 4.97. The Bertz CT molecular complexity index is 399. The van der Waals surface area contributed by atoms with E-state index in [1.807, 2.05) is 0 Å². The highest BCUT2D eigenvalue weighted by Crippen LogP contribution is 2.39. The number of hydrogen-bond acceptors (Lipinski definition) is 2. The number of likely N-dealkylation sites (N-methyl/N-ethyl adjacent to an activating group) is 1. The molecule has 2 nitrogen and oxygen atoms in total. The third-order valence-corrected chi connectivity index (χ3v) is 4.97. The van der Waals surface area contributed by atoms with Crippen molar-refractivity contribution in [3.05, 3.63) is 35.9 Å². The zero-order chi connectivity index (χ0) is 15.1. The SMILES string of the molecule is CNCC1(CN(C)CCc2ccccc2)CCCC(C)C1. The van der Waals surface area contributed by atoms with Crippen LogP contribution in [-0.4, -0.2) is 38.6 Å². The first kappa shape index (κ1) is 16.5. The molecule has 0 aliphatic heterocycles. The Morgan fingerprint density at radius 1 is 1.29 bits per heavy atom. The van der Waals surface area contributed by atoms with Gasteiger partial charge in [0.15, 0.2) is 0 Å². The molecule has 1 saturated carbocycles. The Kier molecular flexibility index (Phi) is 6.25. The van der Waals surface area contributed by atoms with Gasteiger partial charge in [-0.2, -0.15) is 0 Å². The maximum Gasteiger partial charge on any atom is 0.00473 e. The minimum atomic E-state index is 0.484. The molecule has 0 spiro atoms. The van der Waals surface area contributed by atoms with Crippen LogP contribution in [-0.2, 0) is 6.42 Å². The predicted molar refractivity (Wildman–Crippen MR) is 91.6 cm³/mol. The van der Waals surface area contributed by atoms with E-state index in [9.17, 15) is 0 Å². The van der Waals surface area contributed by atoms with Crippen molar-refractivity contribution in [2.45, 2.75) is 39.0 Å². The first-order valence-corrected chi connectivity index (χ1v) is 8.51. The molecule has 2 atom stereocenters. The van der Waals surface area contributed by atoms with Gasteiger partial charge in [-0.1, -0.05) is 50.1 Å². The Morgan fingerprint density at radius 3 is 2.71 bits per heavy atom. The summed E-state index contributed by atoms with van der Waals surface area (Å²) in [5.41, 5.74) is 1.93. The fourth-order valence-electron chi connectivity index (χ4n) is 4.12. The summed E-state index contributed by atoms with van der Waals surface area (Å²) in [6.07, 6.45) is 6.73. The van der Waals surface area contributed by atoms with Gasteiger partial charge in [0.1, 0.15) is 0 Å². The van der Waals surface area contributed by atoms with E-state index >= 15 is 0 Å². The van der Waals surface area contributed by atoms with E-state index in [0.29, 0.717) is 5.41 Å². The molecule has 21 heavy (non-hydrogen) atoms. The standard InChI is InChI=1S/C19H32N2/c1-17-8-7-12-19(14-17,15-20-2)16-21(3)13-11-18-9-5-4-6-10-18/h4-6,9-10,17,20H,7-8,11-16H2,1-3H3. The molecule has 118 valence electrons. The lowest BCUT2D eigenvalue weighted by molar-refractivity contribution is 0.0944. The molecule has 2 rings (SSSR count). The summed E-state index contributed by atoms with van der Waals surface area (Å²) in [6.45, 7) is 5.97. The van der Waals surface area contributed by atoms with E-state index in [1.54, 1.807) is 0 Å². The molecule has 1 fully saturated rings. The van der Waals surface area contributed by atoms with Crippen molar-refractivity contribution >= 4 is 0 Å². The lowest BCUT2D eigenvalue weighted by Gasteiger charge is -2.42. The van der Waals surface area contributed by atoms with Crippen LogP contribution in [0, 0.1) is 11.3 Å². The fourth-order valence-corrected chi connectivity index (χ4v) is 4.12. The molecule has 0 amide bonds. The number of nitrogens with zero attached hydrogens (tertiary/aromatic N) is 1. The molecule has 2 unspecified atom stereocenters. The molecule has 1 N–H and O–H groups in total. The van der Waals surface area contributed by atoms with Crippen molar-refractivity contribution in [1.29, 1.82) is 0 Å². The van der Waals surface area contributed by atoms with E-state index < -0.39 is 0 Å². The van der Waals surface area contributed by atoms with E-state index in [2.05, 4.69) is 61.6 Å². The molecular formula is C19H32N2. The van der Waals surface area contributed by atoms with Gasteiger partial charge in [-0.3, -0.25) is 0 Å². The van der Waals surface area contributed by atoms with Crippen molar-refractivity contribution < 1.29 is 0 Å². The highest BCUT2D eigenvalue weighted by Gasteiger charge is 2.35. The van der Waals surface area contributed by atoms with E-state index in [-0.39, 0.29) is 0 Å². The molecule has 1 aliphatic rings. The number of hydrogen-bond donors (Lipinski definition) is 1. The predicted octanol–water partition coefficient (Wildman–Crippen LogP) is 3.58. The Labute approximate surface area is 130 Å². The largest absolute Gasteiger partial charge is 0.319 e. The minimum Gasteiger partial charge on any atom is -0.319 e. The second-order valence-electron chi connectivity index (χ2n) is 7.21. The highest BCUT2D eigenvalue weighted by molar-refractivity contribution is 5.14. The van der Waals surface area contributed by atoms with Crippen molar-refractivity contribution in [3.63, 3.8) is 0 Å². The molecule has 0 saturated heterocycles. The van der Waals surface area contributed by atoms with Crippen LogP contribution >= 0.6 is 0 Å². The fraction of sp³-hybridized carbons (Fsp3) is 0.684. The second-order valence-corrected chi connectivity index (χ2v) is 7.21. The van der Waals surface area contributed by atoms with Crippen LogP contribution in [0.3, 0.4) is 0 Å². The van der Waals surface area contributed by atoms with Gasteiger partial charge in [0, 0.05) is 19.6 Å². The molecule has 0 heterocycles. The first-order valence-electron chi connectivity index (χ1n) is 8.51. The van der Waals surface area contributed by atoms with Crippen LogP contribution < -0.4 is 5.32 Å². The van der Waals surface area contributed by atoms with Crippen LogP contribution in [0.2, 0.25) is 0 Å². The van der Waals surface area contributed by atoms with Crippen LogP contribution in [0.25, 0.3) is 0 Å². The maximum absolute atomic E-state index is 3.45. The number of nitrogens with one attached hydrogen (secondary N) is 1. The van der Waals surface area contributed by atoms with Crippen molar-refractivity contribution in [2.24, 2.45) is 11.3 Å². The summed E-state index contributed by atoms with van der Waals surface area (Å²) < 4.78 is 0. The normalized spacial score (nSPS) is 26.2. The van der Waals surface area contributed by atoms with Crippen LogP contribution in [0.1, 0.15) is 38.2 Å². The minimum absolute atomic E-state index is 0.484. The van der Waals surface area contributed by atoms with Crippen LogP contribution in [0.4, 0.5) is 0 Å². The molecule has 1 aromatic carbocycles. The first-order chi connectivity index (χ1) is 10.1. The van der Waals surface area contributed by atoms with Gasteiger partial charge in [-0.15, -0.1) is 0 Å². The summed E-state index contributed by atoms with van der Waals surface area (Å²) >= 11 is 0. The Hall–Kier alpha value is -0.860. The molecular weight excluding hydrogens is 256 g/mol. The van der Waals surface area contributed by atoms with Crippen molar-refractivity contribution in [2.75, 3.05) is 33.7 Å². The maximum atomic E-state index is 3.45. The molecule has 2 heteroatoms. The van der Waals surface area contributed by atoms with Gasteiger partial charge >= 0.3 is 0 Å². The summed E-state index contributed by atoms with van der Waals surface area (Å²) in [7, 11) is 4.39. The van der Waals surface area contributed by atoms with E-state index in [1.165, 1.54) is 37.8 Å². The molecule has 1 aliphatic carbocycles. The van der Waals surface area contributed by atoms with E-state index in [4.69, 9.17) is 0 Å². The quantitative estimate of drug-likeness (QED) is 0.825. The van der Waals surface area contributed by atoms with Gasteiger partial charge in [-0.05, 0) is 50.3 Å². The lowest BCUT2D eigenvalue weighted by Crippen LogP contribution is -2.45.